The van der Waals surface area contributed by atoms with Gasteiger partial charge in [-0.1, -0.05) is 0 Å². The molecule has 0 spiro atoms. The summed E-state index contributed by atoms with van der Waals surface area (Å²) < 4.78 is 7.41. The predicted octanol–water partition coefficient (Wildman–Crippen LogP) is 2.10. The summed E-state index contributed by atoms with van der Waals surface area (Å²) in [6, 6.07) is 3.99. The first-order chi connectivity index (χ1) is 13.4. The van der Waals surface area contributed by atoms with Crippen LogP contribution in [0.4, 0.5) is 11.5 Å². The number of aromatic nitrogens is 8. The van der Waals surface area contributed by atoms with Gasteiger partial charge in [0, 0.05) is 25.6 Å². The van der Waals surface area contributed by atoms with Gasteiger partial charge in [0.25, 0.3) is 0 Å². The number of anilines is 2. The van der Waals surface area contributed by atoms with Gasteiger partial charge in [0.15, 0.2) is 11.6 Å². The summed E-state index contributed by atoms with van der Waals surface area (Å²) in [6.07, 6.45) is 8.99. The maximum atomic E-state index is 5.42. The molecule has 4 aromatic heterocycles. The Morgan fingerprint density at radius 3 is 2.96 bits per heavy atom. The molecule has 4 aromatic rings. The van der Waals surface area contributed by atoms with Gasteiger partial charge in [-0.05, 0) is 25.0 Å². The lowest BCUT2D eigenvalue weighted by Gasteiger charge is -2.22. The summed E-state index contributed by atoms with van der Waals surface area (Å²) in [5.41, 5.74) is 2.87. The van der Waals surface area contributed by atoms with Gasteiger partial charge in [0.1, 0.15) is 16.7 Å². The molecule has 1 fully saturated rings. The summed E-state index contributed by atoms with van der Waals surface area (Å²) in [4.78, 5) is 9.11. The molecule has 10 heteroatoms. The SMILES string of the molecule is c1cnnc(-c2nc(Nc3cnn(C4CCOCC4)c3)c3[nH]ncc3n2)c1. The number of nitrogens with one attached hydrogen (secondary N) is 2. The molecule has 0 aliphatic carbocycles. The predicted molar refractivity (Wildman–Crippen MR) is 97.3 cm³/mol. The van der Waals surface area contributed by atoms with Gasteiger partial charge in [-0.2, -0.15) is 15.3 Å². The Bertz CT molecular complexity index is 1050. The summed E-state index contributed by atoms with van der Waals surface area (Å²) in [5.74, 6) is 1.10. The zero-order valence-corrected chi connectivity index (χ0v) is 14.4. The molecule has 1 aliphatic heterocycles. The van der Waals surface area contributed by atoms with Gasteiger partial charge in [-0.15, -0.1) is 5.10 Å². The quantitative estimate of drug-likeness (QED) is 0.566. The van der Waals surface area contributed by atoms with Crippen LogP contribution < -0.4 is 5.32 Å². The van der Waals surface area contributed by atoms with Crippen molar-refractivity contribution in [2.24, 2.45) is 0 Å². The smallest absolute Gasteiger partial charge is 0.182 e. The number of fused-ring (bicyclic) bond motifs is 1. The minimum atomic E-state index is 0.363. The maximum Gasteiger partial charge on any atom is 0.182 e. The lowest BCUT2D eigenvalue weighted by atomic mass is 10.1. The Morgan fingerprint density at radius 1 is 1.19 bits per heavy atom. The Kier molecular flexibility index (Phi) is 3.94. The van der Waals surface area contributed by atoms with Gasteiger partial charge < -0.3 is 10.1 Å². The van der Waals surface area contributed by atoms with E-state index in [9.17, 15) is 0 Å². The van der Waals surface area contributed by atoms with Crippen LogP contribution in [0.15, 0.2) is 36.9 Å². The number of nitrogens with zero attached hydrogens (tertiary/aromatic N) is 7. The van der Waals surface area contributed by atoms with E-state index >= 15 is 0 Å². The van der Waals surface area contributed by atoms with Crippen LogP contribution in [0.3, 0.4) is 0 Å². The van der Waals surface area contributed by atoms with E-state index in [1.807, 2.05) is 16.9 Å². The standard InChI is InChI=1S/C17H17N9O/c1-2-13(24-18-5-1)16-22-14-9-19-25-15(14)17(23-16)21-11-8-20-26(10-11)12-3-6-27-7-4-12/h1-2,5,8-10,12H,3-4,6-7H2,(H,19,25)(H,21,22,23). The maximum absolute atomic E-state index is 5.42. The van der Waals surface area contributed by atoms with Crippen molar-refractivity contribution in [3.05, 3.63) is 36.9 Å². The first kappa shape index (κ1) is 15.8. The molecule has 0 unspecified atom stereocenters. The first-order valence-corrected chi connectivity index (χ1v) is 8.75. The van der Waals surface area contributed by atoms with Crippen LogP contribution in [0.1, 0.15) is 18.9 Å². The van der Waals surface area contributed by atoms with E-state index in [0.29, 0.717) is 28.9 Å². The molecule has 5 rings (SSSR count). The number of ether oxygens (including phenoxy) is 1. The number of aromatic amines is 1. The van der Waals surface area contributed by atoms with Crippen molar-refractivity contribution in [2.45, 2.75) is 18.9 Å². The first-order valence-electron chi connectivity index (χ1n) is 8.75. The van der Waals surface area contributed by atoms with E-state index < -0.39 is 0 Å². The monoisotopic (exact) mass is 363 g/mol. The fourth-order valence-electron chi connectivity index (χ4n) is 3.15. The molecule has 10 nitrogen and oxygen atoms in total. The van der Waals surface area contributed by atoms with Crippen molar-refractivity contribution in [2.75, 3.05) is 18.5 Å². The van der Waals surface area contributed by atoms with Gasteiger partial charge in [0.2, 0.25) is 0 Å². The molecule has 1 aliphatic rings. The van der Waals surface area contributed by atoms with Crippen LogP contribution in [0.5, 0.6) is 0 Å². The third-order valence-corrected chi connectivity index (χ3v) is 4.53. The average Bonchev–Trinajstić information content (AvgIpc) is 3.39. The van der Waals surface area contributed by atoms with Gasteiger partial charge in [0.05, 0.1) is 24.1 Å². The lowest BCUT2D eigenvalue weighted by Crippen LogP contribution is -2.19. The zero-order chi connectivity index (χ0) is 18.1. The molecule has 27 heavy (non-hydrogen) atoms. The summed E-state index contributed by atoms with van der Waals surface area (Å²) in [7, 11) is 0. The van der Waals surface area contributed by atoms with E-state index in [1.165, 1.54) is 0 Å². The van der Waals surface area contributed by atoms with Gasteiger partial charge in [-0.3, -0.25) is 9.78 Å². The highest BCUT2D eigenvalue weighted by molar-refractivity contribution is 5.88. The van der Waals surface area contributed by atoms with Crippen LogP contribution in [0.2, 0.25) is 0 Å². The van der Waals surface area contributed by atoms with Crippen molar-refractivity contribution < 1.29 is 4.74 Å². The molecule has 1 saturated heterocycles. The Balaban J connectivity index is 1.48. The Morgan fingerprint density at radius 2 is 2.11 bits per heavy atom. The normalized spacial score (nSPS) is 15.3. The van der Waals surface area contributed by atoms with E-state index in [0.717, 1.165) is 37.3 Å². The topological polar surface area (TPSA) is 119 Å². The zero-order valence-electron chi connectivity index (χ0n) is 14.4. The number of rotatable bonds is 4. The molecule has 2 N–H and O–H groups in total. The molecule has 0 aromatic carbocycles. The van der Waals surface area contributed by atoms with Crippen molar-refractivity contribution in [1.29, 1.82) is 0 Å². The molecule has 0 atom stereocenters. The number of hydrogen-bond donors (Lipinski definition) is 2. The van der Waals surface area contributed by atoms with E-state index in [-0.39, 0.29) is 0 Å². The lowest BCUT2D eigenvalue weighted by molar-refractivity contribution is 0.0662. The van der Waals surface area contributed by atoms with Gasteiger partial charge in [-0.25, -0.2) is 9.97 Å². The second kappa shape index (κ2) is 6.72. The summed E-state index contributed by atoms with van der Waals surface area (Å²) >= 11 is 0. The van der Waals surface area contributed by atoms with Crippen molar-refractivity contribution in [3.63, 3.8) is 0 Å². The molecule has 5 heterocycles. The van der Waals surface area contributed by atoms with Crippen LogP contribution in [-0.2, 0) is 4.74 Å². The molecule has 0 amide bonds. The average molecular weight is 363 g/mol. The Labute approximate surface area is 154 Å². The summed E-state index contributed by atoms with van der Waals surface area (Å²) in [6.45, 7) is 1.55. The van der Waals surface area contributed by atoms with Crippen LogP contribution >= 0.6 is 0 Å². The minimum Gasteiger partial charge on any atom is -0.381 e. The second-order valence-corrected chi connectivity index (χ2v) is 6.31. The fourth-order valence-corrected chi connectivity index (χ4v) is 3.15. The molecule has 0 bridgehead atoms. The van der Waals surface area contributed by atoms with Crippen molar-refractivity contribution in [3.8, 4) is 11.5 Å². The highest BCUT2D eigenvalue weighted by Gasteiger charge is 2.17. The highest BCUT2D eigenvalue weighted by Crippen LogP contribution is 2.26. The molecular formula is C17H17N9O. The van der Waals surface area contributed by atoms with Crippen LogP contribution in [0.25, 0.3) is 22.6 Å². The van der Waals surface area contributed by atoms with Crippen molar-refractivity contribution >= 4 is 22.5 Å². The molecule has 0 saturated carbocycles. The van der Waals surface area contributed by atoms with E-state index in [4.69, 9.17) is 4.74 Å². The van der Waals surface area contributed by atoms with Crippen molar-refractivity contribution in [1.82, 2.24) is 40.1 Å². The fraction of sp³-hybridized carbons (Fsp3) is 0.294. The number of H-pyrrole nitrogens is 1. The third-order valence-electron chi connectivity index (χ3n) is 4.53. The second-order valence-electron chi connectivity index (χ2n) is 6.31. The Hall–Kier alpha value is -3.40. The highest BCUT2D eigenvalue weighted by atomic mass is 16.5. The van der Waals surface area contributed by atoms with E-state index in [2.05, 4.69) is 40.8 Å². The van der Waals surface area contributed by atoms with Crippen LogP contribution in [0, 0.1) is 0 Å². The molecule has 136 valence electrons. The van der Waals surface area contributed by atoms with Gasteiger partial charge >= 0.3 is 0 Å². The molecule has 0 radical (unpaired) electrons. The minimum absolute atomic E-state index is 0.363. The van der Waals surface area contributed by atoms with E-state index in [1.54, 1.807) is 24.7 Å². The largest absolute Gasteiger partial charge is 0.381 e. The summed E-state index contributed by atoms with van der Waals surface area (Å²) in [5, 5.41) is 22.8. The molecular weight excluding hydrogens is 346 g/mol. The third kappa shape index (κ3) is 3.10. The number of hydrogen-bond acceptors (Lipinski definition) is 8. The van der Waals surface area contributed by atoms with Crippen LogP contribution in [-0.4, -0.2) is 53.4 Å².